The minimum absolute atomic E-state index is 0.0953. The van der Waals surface area contributed by atoms with Crippen LogP contribution in [0.1, 0.15) is 36.8 Å². The first kappa shape index (κ1) is 22.6. The lowest BCUT2D eigenvalue weighted by Gasteiger charge is -2.26. The summed E-state index contributed by atoms with van der Waals surface area (Å²) in [6.45, 7) is 3.06. The Labute approximate surface area is 185 Å². The van der Waals surface area contributed by atoms with Crippen molar-refractivity contribution in [2.45, 2.75) is 32.3 Å². The van der Waals surface area contributed by atoms with Gasteiger partial charge in [-0.2, -0.15) is 0 Å². The highest BCUT2D eigenvalue weighted by molar-refractivity contribution is 5.67. The quantitative estimate of drug-likeness (QED) is 0.576. The fraction of sp³-hybridized carbons (Fsp3) is 0.296. The van der Waals surface area contributed by atoms with Crippen LogP contribution in [0.4, 0.5) is 4.79 Å². The summed E-state index contributed by atoms with van der Waals surface area (Å²) in [7, 11) is 0. The van der Waals surface area contributed by atoms with Crippen LogP contribution in [-0.4, -0.2) is 35.8 Å². The Bertz CT molecular complexity index is 916. The molecular formula is C27H31NO3. The summed E-state index contributed by atoms with van der Waals surface area (Å²) in [5.41, 5.74) is 4.79. The van der Waals surface area contributed by atoms with Crippen LogP contribution in [0.15, 0.2) is 96.1 Å². The molecule has 1 N–H and O–H groups in total. The van der Waals surface area contributed by atoms with Gasteiger partial charge in [-0.1, -0.05) is 90.5 Å². The minimum Gasteiger partial charge on any atom is -0.445 e. The lowest BCUT2D eigenvalue weighted by Crippen LogP contribution is -2.35. The number of nitrogens with zero attached hydrogens (tertiary/aromatic N) is 1. The Morgan fingerprint density at radius 1 is 1.03 bits per heavy atom. The SMILES string of the molecule is CC1=C(C(CCN(CCO)C(=O)OCc2ccccc2)c2ccccc2)C=CC=CC1. The standard InChI is InChI=1S/C27H31NO3/c1-22-11-5-2-10-16-25(22)26(24-14-8-4-9-15-24)17-18-28(19-20-29)27(30)31-21-23-12-6-3-7-13-23/h2-10,12-16,26,29H,11,17-21H2,1H3. The van der Waals surface area contributed by atoms with Crippen molar-refractivity contribution in [1.29, 1.82) is 0 Å². The first-order chi connectivity index (χ1) is 15.2. The summed E-state index contributed by atoms with van der Waals surface area (Å²) in [6.07, 6.45) is 9.79. The number of hydrogen-bond acceptors (Lipinski definition) is 3. The molecule has 162 valence electrons. The minimum atomic E-state index is -0.395. The average Bonchev–Trinajstić information content (AvgIpc) is 3.02. The number of carbonyl (C=O) groups excluding carboxylic acids is 1. The van der Waals surface area contributed by atoms with E-state index < -0.39 is 6.09 Å². The van der Waals surface area contributed by atoms with E-state index in [1.54, 1.807) is 4.90 Å². The molecule has 0 saturated heterocycles. The van der Waals surface area contributed by atoms with Crippen LogP contribution in [0.2, 0.25) is 0 Å². The fourth-order valence-electron chi connectivity index (χ4n) is 3.85. The van der Waals surface area contributed by atoms with Gasteiger partial charge in [0.15, 0.2) is 0 Å². The average molecular weight is 418 g/mol. The molecule has 1 aliphatic carbocycles. The zero-order valence-corrected chi connectivity index (χ0v) is 18.1. The Hall–Kier alpha value is -3.11. The number of ether oxygens (including phenoxy) is 1. The van der Waals surface area contributed by atoms with Crippen LogP contribution in [0.25, 0.3) is 0 Å². The smallest absolute Gasteiger partial charge is 0.410 e. The van der Waals surface area contributed by atoms with E-state index in [1.165, 1.54) is 16.7 Å². The van der Waals surface area contributed by atoms with E-state index in [1.807, 2.05) is 36.4 Å². The van der Waals surface area contributed by atoms with Crippen molar-refractivity contribution in [3.8, 4) is 0 Å². The van der Waals surface area contributed by atoms with Gasteiger partial charge in [-0.05, 0) is 36.5 Å². The molecule has 1 atom stereocenters. The van der Waals surface area contributed by atoms with Crippen molar-refractivity contribution in [1.82, 2.24) is 4.90 Å². The molecule has 0 fully saturated rings. The van der Waals surface area contributed by atoms with Crippen molar-refractivity contribution in [2.75, 3.05) is 19.7 Å². The van der Waals surface area contributed by atoms with Crippen LogP contribution in [0, 0.1) is 0 Å². The number of carbonyl (C=O) groups is 1. The maximum absolute atomic E-state index is 12.7. The molecule has 0 aliphatic heterocycles. The molecule has 0 radical (unpaired) electrons. The molecular weight excluding hydrogens is 386 g/mol. The van der Waals surface area contributed by atoms with Gasteiger partial charge >= 0.3 is 6.09 Å². The summed E-state index contributed by atoms with van der Waals surface area (Å²) in [5.74, 6) is 0.167. The molecule has 0 spiro atoms. The van der Waals surface area contributed by atoms with E-state index in [4.69, 9.17) is 4.74 Å². The van der Waals surface area contributed by atoms with E-state index in [-0.39, 0.29) is 25.7 Å². The first-order valence-corrected chi connectivity index (χ1v) is 10.8. The maximum atomic E-state index is 12.7. The van der Waals surface area contributed by atoms with Gasteiger partial charge in [-0.25, -0.2) is 4.79 Å². The Balaban J connectivity index is 1.72. The summed E-state index contributed by atoms with van der Waals surface area (Å²) >= 11 is 0. The highest BCUT2D eigenvalue weighted by Gasteiger charge is 2.21. The van der Waals surface area contributed by atoms with Crippen LogP contribution in [0.5, 0.6) is 0 Å². The van der Waals surface area contributed by atoms with Gasteiger partial charge in [0.1, 0.15) is 6.61 Å². The number of amides is 1. The second-order valence-corrected chi connectivity index (χ2v) is 7.73. The van der Waals surface area contributed by atoms with Crippen molar-refractivity contribution in [3.05, 3.63) is 107 Å². The van der Waals surface area contributed by atoms with Gasteiger partial charge in [0.05, 0.1) is 6.61 Å². The molecule has 4 nitrogen and oxygen atoms in total. The number of hydrogen-bond donors (Lipinski definition) is 1. The fourth-order valence-corrected chi connectivity index (χ4v) is 3.85. The number of benzene rings is 2. The number of allylic oxidation sites excluding steroid dienone is 6. The van der Waals surface area contributed by atoms with Crippen LogP contribution >= 0.6 is 0 Å². The summed E-state index contributed by atoms with van der Waals surface area (Å²) in [6, 6.07) is 20.0. The zero-order valence-electron chi connectivity index (χ0n) is 18.1. The maximum Gasteiger partial charge on any atom is 0.410 e. The topological polar surface area (TPSA) is 49.8 Å². The van der Waals surface area contributed by atoms with Crippen LogP contribution in [-0.2, 0) is 11.3 Å². The molecule has 0 bridgehead atoms. The van der Waals surface area contributed by atoms with E-state index in [9.17, 15) is 9.90 Å². The van der Waals surface area contributed by atoms with Gasteiger partial charge in [-0.15, -0.1) is 0 Å². The van der Waals surface area contributed by atoms with Gasteiger partial charge in [0.25, 0.3) is 0 Å². The zero-order chi connectivity index (χ0) is 21.9. The predicted molar refractivity (Wildman–Crippen MR) is 125 cm³/mol. The number of aliphatic hydroxyl groups excluding tert-OH is 1. The van der Waals surface area contributed by atoms with Crippen LogP contribution in [0.3, 0.4) is 0 Å². The van der Waals surface area contributed by atoms with Gasteiger partial charge in [0, 0.05) is 19.0 Å². The summed E-state index contributed by atoms with van der Waals surface area (Å²) < 4.78 is 5.51. The Kier molecular flexibility index (Phi) is 8.68. The predicted octanol–water partition coefficient (Wildman–Crippen LogP) is 5.62. The van der Waals surface area contributed by atoms with Crippen molar-refractivity contribution in [2.24, 2.45) is 0 Å². The van der Waals surface area contributed by atoms with Crippen molar-refractivity contribution < 1.29 is 14.6 Å². The Morgan fingerprint density at radius 2 is 1.74 bits per heavy atom. The normalized spacial score (nSPS) is 14.3. The van der Waals surface area contributed by atoms with Crippen LogP contribution < -0.4 is 0 Å². The third-order valence-corrected chi connectivity index (χ3v) is 5.54. The molecule has 0 saturated carbocycles. The molecule has 2 aromatic rings. The van der Waals surface area contributed by atoms with Gasteiger partial charge in [-0.3, -0.25) is 0 Å². The van der Waals surface area contributed by atoms with E-state index in [2.05, 4.69) is 55.5 Å². The molecule has 2 aromatic carbocycles. The molecule has 1 amide bonds. The summed E-state index contributed by atoms with van der Waals surface area (Å²) in [4.78, 5) is 14.3. The number of rotatable bonds is 9. The third-order valence-electron chi connectivity index (χ3n) is 5.54. The lowest BCUT2D eigenvalue weighted by atomic mass is 9.85. The van der Waals surface area contributed by atoms with E-state index in [0.717, 1.165) is 18.4 Å². The molecule has 31 heavy (non-hydrogen) atoms. The molecule has 4 heteroatoms. The monoisotopic (exact) mass is 417 g/mol. The van der Waals surface area contributed by atoms with Gasteiger partial charge < -0.3 is 14.7 Å². The lowest BCUT2D eigenvalue weighted by molar-refractivity contribution is 0.0877. The Morgan fingerprint density at radius 3 is 2.45 bits per heavy atom. The molecule has 0 heterocycles. The van der Waals surface area contributed by atoms with E-state index in [0.29, 0.717) is 6.54 Å². The van der Waals surface area contributed by atoms with Crippen molar-refractivity contribution in [3.63, 3.8) is 0 Å². The summed E-state index contributed by atoms with van der Waals surface area (Å²) in [5, 5.41) is 9.50. The van der Waals surface area contributed by atoms with Crippen molar-refractivity contribution >= 4 is 6.09 Å². The third kappa shape index (κ3) is 6.69. The highest BCUT2D eigenvalue weighted by Crippen LogP contribution is 2.33. The van der Waals surface area contributed by atoms with Gasteiger partial charge in [0.2, 0.25) is 0 Å². The molecule has 3 rings (SSSR count). The number of aliphatic hydroxyl groups is 1. The second kappa shape index (κ2) is 11.9. The second-order valence-electron chi connectivity index (χ2n) is 7.73. The largest absolute Gasteiger partial charge is 0.445 e. The first-order valence-electron chi connectivity index (χ1n) is 10.8. The molecule has 0 aromatic heterocycles. The van der Waals surface area contributed by atoms with E-state index >= 15 is 0 Å². The highest BCUT2D eigenvalue weighted by atomic mass is 16.6. The molecule has 1 unspecified atom stereocenters. The molecule has 1 aliphatic rings.